The maximum atomic E-state index is 12.8. The molecule has 2 N–H and O–H groups in total. The highest BCUT2D eigenvalue weighted by molar-refractivity contribution is 5.95. The molecule has 0 spiro atoms. The summed E-state index contributed by atoms with van der Waals surface area (Å²) < 4.78 is 1.90. The molecule has 0 saturated carbocycles. The number of fused-ring (bicyclic) bond motifs is 1. The van der Waals surface area contributed by atoms with Gasteiger partial charge >= 0.3 is 0 Å². The monoisotopic (exact) mass is 381 g/mol. The van der Waals surface area contributed by atoms with E-state index in [1.165, 1.54) is 16.3 Å². The number of hydrogen-bond donors (Lipinski definition) is 2. The molecular formula is C22H24ClN3O. The Hall–Kier alpha value is -2.56. The molecule has 0 saturated heterocycles. The van der Waals surface area contributed by atoms with Crippen molar-refractivity contribution in [3.8, 4) is 0 Å². The molecule has 0 fully saturated rings. The molecular weight excluding hydrogens is 358 g/mol. The van der Waals surface area contributed by atoms with Crippen molar-refractivity contribution < 1.29 is 4.79 Å². The number of aryl methyl sites for hydroxylation is 1. The van der Waals surface area contributed by atoms with E-state index in [1.807, 2.05) is 49.0 Å². The first-order valence-electron chi connectivity index (χ1n) is 8.98. The fourth-order valence-corrected chi connectivity index (χ4v) is 3.64. The van der Waals surface area contributed by atoms with E-state index >= 15 is 0 Å². The highest BCUT2D eigenvalue weighted by Gasteiger charge is 2.18. The van der Waals surface area contributed by atoms with Crippen LogP contribution in [0.15, 0.2) is 60.8 Å². The Balaban J connectivity index is 0.00000210. The zero-order chi connectivity index (χ0) is 18.1. The van der Waals surface area contributed by atoms with Crippen LogP contribution in [0.2, 0.25) is 0 Å². The van der Waals surface area contributed by atoms with Crippen LogP contribution in [0.25, 0.3) is 16.3 Å². The number of rotatable bonds is 4. The van der Waals surface area contributed by atoms with E-state index < -0.39 is 0 Å². The van der Waals surface area contributed by atoms with Gasteiger partial charge in [-0.1, -0.05) is 48.5 Å². The zero-order valence-electron chi connectivity index (χ0n) is 15.5. The normalized spacial score (nSPS) is 14.5. The van der Waals surface area contributed by atoms with Crippen LogP contribution in [0.1, 0.15) is 34.6 Å². The van der Waals surface area contributed by atoms with Gasteiger partial charge in [-0.2, -0.15) is 0 Å². The fourth-order valence-electron chi connectivity index (χ4n) is 3.64. The molecule has 3 aromatic rings. The smallest absolute Gasteiger partial charge is 0.268 e. The number of hydrogen-bond acceptors (Lipinski definition) is 2. The minimum Gasteiger partial charge on any atom is -0.346 e. The molecule has 0 radical (unpaired) electrons. The molecule has 5 heteroatoms. The molecule has 1 aliphatic rings. The topological polar surface area (TPSA) is 46.1 Å². The number of carbonyl (C=O) groups excluding carboxylic acids is 1. The summed E-state index contributed by atoms with van der Waals surface area (Å²) in [6, 6.07) is 16.4. The van der Waals surface area contributed by atoms with Gasteiger partial charge < -0.3 is 15.2 Å². The molecule has 1 aliphatic heterocycles. The lowest BCUT2D eigenvalue weighted by atomic mass is 9.99. The molecule has 27 heavy (non-hydrogen) atoms. The van der Waals surface area contributed by atoms with Gasteiger partial charge in [0.05, 0.1) is 6.04 Å². The van der Waals surface area contributed by atoms with Crippen LogP contribution in [-0.2, 0) is 7.05 Å². The number of nitrogens with zero attached hydrogens (tertiary/aromatic N) is 1. The van der Waals surface area contributed by atoms with Gasteiger partial charge in [-0.05, 0) is 40.5 Å². The lowest BCUT2D eigenvalue weighted by molar-refractivity contribution is 0.0932. The highest BCUT2D eigenvalue weighted by Crippen LogP contribution is 2.25. The van der Waals surface area contributed by atoms with Gasteiger partial charge in [0.15, 0.2) is 0 Å². The molecule has 4 nitrogen and oxygen atoms in total. The van der Waals surface area contributed by atoms with Crippen LogP contribution < -0.4 is 10.6 Å². The third-order valence-electron chi connectivity index (χ3n) is 5.05. The lowest BCUT2D eigenvalue weighted by Gasteiger charge is -2.17. The number of amides is 1. The van der Waals surface area contributed by atoms with Crippen LogP contribution in [0.5, 0.6) is 0 Å². The summed E-state index contributed by atoms with van der Waals surface area (Å²) in [5.74, 6) is -0.0502. The minimum atomic E-state index is -0.0701. The Bertz CT molecular complexity index is 1000. The quantitative estimate of drug-likeness (QED) is 0.715. The van der Waals surface area contributed by atoms with Crippen molar-refractivity contribution >= 4 is 34.7 Å². The number of aromatic nitrogens is 1. The maximum absolute atomic E-state index is 12.8. The van der Waals surface area contributed by atoms with Crippen LogP contribution in [0.3, 0.4) is 0 Å². The first kappa shape index (κ1) is 19.2. The van der Waals surface area contributed by atoms with Crippen molar-refractivity contribution in [1.82, 2.24) is 15.2 Å². The van der Waals surface area contributed by atoms with Crippen molar-refractivity contribution in [3.05, 3.63) is 77.6 Å². The van der Waals surface area contributed by atoms with E-state index in [4.69, 9.17) is 0 Å². The molecule has 0 bridgehead atoms. The van der Waals surface area contributed by atoms with E-state index in [9.17, 15) is 4.79 Å². The summed E-state index contributed by atoms with van der Waals surface area (Å²) in [4.78, 5) is 12.8. The van der Waals surface area contributed by atoms with E-state index in [-0.39, 0.29) is 24.4 Å². The summed E-state index contributed by atoms with van der Waals surface area (Å²) in [6.07, 6.45) is 4.20. The summed E-state index contributed by atoms with van der Waals surface area (Å²) in [5.41, 5.74) is 4.18. The largest absolute Gasteiger partial charge is 0.346 e. The van der Waals surface area contributed by atoms with Gasteiger partial charge in [0.1, 0.15) is 5.69 Å². The Morgan fingerprint density at radius 1 is 1.19 bits per heavy atom. The van der Waals surface area contributed by atoms with Gasteiger partial charge in [0.2, 0.25) is 0 Å². The highest BCUT2D eigenvalue weighted by atomic mass is 35.5. The van der Waals surface area contributed by atoms with Gasteiger partial charge in [-0.3, -0.25) is 4.79 Å². The van der Waals surface area contributed by atoms with Crippen molar-refractivity contribution in [1.29, 1.82) is 0 Å². The van der Waals surface area contributed by atoms with Crippen LogP contribution in [-0.4, -0.2) is 23.6 Å². The molecule has 1 amide bonds. The van der Waals surface area contributed by atoms with Crippen molar-refractivity contribution in [3.63, 3.8) is 0 Å². The van der Waals surface area contributed by atoms with Crippen molar-refractivity contribution in [2.24, 2.45) is 7.05 Å². The van der Waals surface area contributed by atoms with E-state index in [0.29, 0.717) is 5.69 Å². The van der Waals surface area contributed by atoms with Gasteiger partial charge in [0.25, 0.3) is 5.91 Å². The minimum absolute atomic E-state index is 0. The average molecular weight is 382 g/mol. The molecule has 1 aromatic heterocycles. The zero-order valence-corrected chi connectivity index (χ0v) is 16.3. The second kappa shape index (κ2) is 7.99. The Morgan fingerprint density at radius 3 is 2.74 bits per heavy atom. The Kier molecular flexibility index (Phi) is 5.68. The van der Waals surface area contributed by atoms with E-state index in [0.717, 1.165) is 24.2 Å². The summed E-state index contributed by atoms with van der Waals surface area (Å²) in [7, 11) is 1.92. The van der Waals surface area contributed by atoms with Crippen molar-refractivity contribution in [2.75, 3.05) is 13.1 Å². The Labute approximate surface area is 165 Å². The summed E-state index contributed by atoms with van der Waals surface area (Å²) in [6.45, 7) is 3.79. The average Bonchev–Trinajstić information content (AvgIpc) is 3.30. The Morgan fingerprint density at radius 2 is 1.96 bits per heavy atom. The predicted molar refractivity (Wildman–Crippen MR) is 113 cm³/mol. The SMILES string of the molecule is C[C@@H](NC(=O)c1cc(C2=CCNC2)cn1C)c1cccc2ccccc12.Cl. The van der Waals surface area contributed by atoms with E-state index in [1.54, 1.807) is 0 Å². The van der Waals surface area contributed by atoms with Crippen LogP contribution >= 0.6 is 12.4 Å². The summed E-state index contributed by atoms with van der Waals surface area (Å²) in [5, 5.41) is 8.82. The molecule has 2 heterocycles. The van der Waals surface area contributed by atoms with Crippen molar-refractivity contribution in [2.45, 2.75) is 13.0 Å². The molecule has 4 rings (SSSR count). The predicted octanol–water partition coefficient (Wildman–Crippen LogP) is 4.08. The molecule has 0 unspecified atom stereocenters. The third kappa shape index (κ3) is 3.77. The van der Waals surface area contributed by atoms with Gasteiger partial charge in [0, 0.05) is 26.3 Å². The maximum Gasteiger partial charge on any atom is 0.268 e. The lowest BCUT2D eigenvalue weighted by Crippen LogP contribution is -2.28. The standard InChI is InChI=1S/C22H23N3O.ClH/c1-15(19-9-5-7-16-6-3-4-8-20(16)19)24-22(26)21-12-18(14-25(21)2)17-10-11-23-13-17;/h3-10,12,14-15,23H,11,13H2,1-2H3,(H,24,26);1H/t15-;/m1./s1. The van der Waals surface area contributed by atoms with Gasteiger partial charge in [-0.25, -0.2) is 0 Å². The third-order valence-corrected chi connectivity index (χ3v) is 5.05. The summed E-state index contributed by atoms with van der Waals surface area (Å²) >= 11 is 0. The first-order valence-corrected chi connectivity index (χ1v) is 8.98. The number of carbonyl (C=O) groups is 1. The number of benzene rings is 2. The fraction of sp³-hybridized carbons (Fsp3) is 0.227. The second-order valence-electron chi connectivity index (χ2n) is 6.85. The van der Waals surface area contributed by atoms with Gasteiger partial charge in [-0.15, -0.1) is 12.4 Å². The molecule has 0 aliphatic carbocycles. The molecule has 140 valence electrons. The number of halogens is 1. The molecule has 2 aromatic carbocycles. The molecule has 1 atom stereocenters. The number of nitrogens with one attached hydrogen (secondary N) is 2. The second-order valence-corrected chi connectivity index (χ2v) is 6.85. The van der Waals surface area contributed by atoms with Crippen LogP contribution in [0.4, 0.5) is 0 Å². The first-order chi connectivity index (χ1) is 12.6. The van der Waals surface area contributed by atoms with Crippen LogP contribution in [0, 0.1) is 0 Å². The van der Waals surface area contributed by atoms with E-state index in [2.05, 4.69) is 41.0 Å².